The van der Waals surface area contributed by atoms with Crippen LogP contribution in [0.2, 0.25) is 0 Å². The summed E-state index contributed by atoms with van der Waals surface area (Å²) in [7, 11) is 0. The second-order valence-corrected chi connectivity index (χ2v) is 6.95. The van der Waals surface area contributed by atoms with Crippen LogP contribution in [-0.4, -0.2) is 16.0 Å². The molecule has 1 aromatic heterocycles. The van der Waals surface area contributed by atoms with Crippen LogP contribution in [0.4, 0.5) is 8.78 Å². The lowest BCUT2D eigenvalue weighted by Crippen LogP contribution is -2.30. The minimum absolute atomic E-state index is 0.229. The molecule has 134 valence electrons. The smallest absolute Gasteiger partial charge is 0.131 e. The topological polar surface area (TPSA) is 8.17 Å². The number of hydrogen-bond acceptors (Lipinski definition) is 1. The minimum Gasteiger partial charge on any atom is -0.350 e. The van der Waals surface area contributed by atoms with Crippen LogP contribution in [0.1, 0.15) is 34.8 Å². The number of aryl methyl sites for hydroxylation is 2. The van der Waals surface area contributed by atoms with E-state index in [1.165, 1.54) is 17.2 Å². The predicted molar refractivity (Wildman–Crippen MR) is 98.8 cm³/mol. The van der Waals surface area contributed by atoms with Gasteiger partial charge in [-0.2, -0.15) is 0 Å². The molecule has 0 amide bonds. The SMILES string of the molecule is Cc1ccccc1CN1CCCn2cccc2C1c1ccc(F)cc1F. The first-order chi connectivity index (χ1) is 12.6. The van der Waals surface area contributed by atoms with Crippen LogP contribution in [0.5, 0.6) is 0 Å². The van der Waals surface area contributed by atoms with Crippen molar-refractivity contribution < 1.29 is 8.78 Å². The molecule has 4 heteroatoms. The van der Waals surface area contributed by atoms with E-state index in [1.54, 1.807) is 6.07 Å². The number of hydrogen-bond donors (Lipinski definition) is 0. The third-order valence-electron chi connectivity index (χ3n) is 5.25. The van der Waals surface area contributed by atoms with Crippen LogP contribution in [0.25, 0.3) is 0 Å². The van der Waals surface area contributed by atoms with E-state index in [4.69, 9.17) is 0 Å². The lowest BCUT2D eigenvalue weighted by molar-refractivity contribution is 0.216. The van der Waals surface area contributed by atoms with Crippen LogP contribution in [-0.2, 0) is 13.1 Å². The Morgan fingerprint density at radius 2 is 1.85 bits per heavy atom. The zero-order chi connectivity index (χ0) is 18.1. The van der Waals surface area contributed by atoms with Crippen LogP contribution >= 0.6 is 0 Å². The van der Waals surface area contributed by atoms with Crippen molar-refractivity contribution in [2.24, 2.45) is 0 Å². The summed E-state index contributed by atoms with van der Waals surface area (Å²) in [4.78, 5) is 2.30. The summed E-state index contributed by atoms with van der Waals surface area (Å²) in [6, 6.07) is 16.0. The maximum Gasteiger partial charge on any atom is 0.131 e. The standard InChI is InChI=1S/C22H22F2N2/c1-16-6-2-3-7-17(16)15-26-13-5-12-25-11-4-8-21(25)22(26)19-10-9-18(23)14-20(19)24/h2-4,6-11,14,22H,5,12-13,15H2,1H3. The largest absolute Gasteiger partial charge is 0.350 e. The zero-order valence-corrected chi connectivity index (χ0v) is 14.8. The number of aromatic nitrogens is 1. The number of halogens is 2. The molecule has 0 aliphatic carbocycles. The van der Waals surface area contributed by atoms with Gasteiger partial charge >= 0.3 is 0 Å². The third kappa shape index (κ3) is 3.17. The quantitative estimate of drug-likeness (QED) is 0.639. The number of fused-ring (bicyclic) bond motifs is 1. The summed E-state index contributed by atoms with van der Waals surface area (Å²) in [5.41, 5.74) is 4.05. The molecule has 1 aliphatic heterocycles. The van der Waals surface area contributed by atoms with Crippen molar-refractivity contribution in [2.45, 2.75) is 32.5 Å². The number of rotatable bonds is 3. The highest BCUT2D eigenvalue weighted by molar-refractivity contribution is 5.32. The molecule has 2 heterocycles. The maximum absolute atomic E-state index is 14.7. The van der Waals surface area contributed by atoms with Gasteiger partial charge in [0.1, 0.15) is 11.6 Å². The molecule has 3 aromatic rings. The summed E-state index contributed by atoms with van der Waals surface area (Å²) in [5.74, 6) is -1.03. The second kappa shape index (κ2) is 7.04. The van der Waals surface area contributed by atoms with E-state index < -0.39 is 11.6 Å². The summed E-state index contributed by atoms with van der Waals surface area (Å²) in [5, 5.41) is 0. The van der Waals surface area contributed by atoms with Crippen LogP contribution in [0, 0.1) is 18.6 Å². The van der Waals surface area contributed by atoms with Crippen molar-refractivity contribution >= 4 is 0 Å². The van der Waals surface area contributed by atoms with Crippen molar-refractivity contribution in [1.82, 2.24) is 9.47 Å². The molecule has 1 atom stereocenters. The van der Waals surface area contributed by atoms with Crippen molar-refractivity contribution in [3.63, 3.8) is 0 Å². The number of benzene rings is 2. The Bertz CT molecular complexity index is 916. The summed E-state index contributed by atoms with van der Waals surface area (Å²) >= 11 is 0. The lowest BCUT2D eigenvalue weighted by Gasteiger charge is -2.31. The summed E-state index contributed by atoms with van der Waals surface area (Å²) < 4.78 is 30.3. The van der Waals surface area contributed by atoms with Gasteiger partial charge in [0.05, 0.1) is 6.04 Å². The molecule has 26 heavy (non-hydrogen) atoms. The maximum atomic E-state index is 14.7. The van der Waals surface area contributed by atoms with Gasteiger partial charge in [0.25, 0.3) is 0 Å². The van der Waals surface area contributed by atoms with E-state index in [-0.39, 0.29) is 6.04 Å². The molecule has 2 nitrogen and oxygen atoms in total. The fourth-order valence-corrected chi connectivity index (χ4v) is 3.90. The highest BCUT2D eigenvalue weighted by atomic mass is 19.1. The molecule has 0 radical (unpaired) electrons. The van der Waals surface area contributed by atoms with Crippen molar-refractivity contribution in [1.29, 1.82) is 0 Å². The number of nitrogens with zero attached hydrogens (tertiary/aromatic N) is 2. The lowest BCUT2D eigenvalue weighted by atomic mass is 9.99. The molecule has 0 fully saturated rings. The molecule has 4 rings (SSSR count). The van der Waals surface area contributed by atoms with E-state index in [0.717, 1.165) is 37.8 Å². The first kappa shape index (κ1) is 17.0. The fourth-order valence-electron chi connectivity index (χ4n) is 3.90. The molecule has 0 N–H and O–H groups in total. The van der Waals surface area contributed by atoms with Gasteiger partial charge in [0.15, 0.2) is 0 Å². The summed E-state index contributed by atoms with van der Waals surface area (Å²) in [6.07, 6.45) is 3.04. The van der Waals surface area contributed by atoms with E-state index in [0.29, 0.717) is 5.56 Å². The van der Waals surface area contributed by atoms with E-state index in [2.05, 4.69) is 28.5 Å². The zero-order valence-electron chi connectivity index (χ0n) is 14.8. The molecule has 0 bridgehead atoms. The monoisotopic (exact) mass is 352 g/mol. The van der Waals surface area contributed by atoms with Crippen molar-refractivity contribution in [3.05, 3.63) is 94.8 Å². The van der Waals surface area contributed by atoms with Crippen LogP contribution in [0.15, 0.2) is 60.8 Å². The highest BCUT2D eigenvalue weighted by Gasteiger charge is 2.29. The Morgan fingerprint density at radius 1 is 1.00 bits per heavy atom. The average molecular weight is 352 g/mol. The van der Waals surface area contributed by atoms with E-state index in [1.807, 2.05) is 30.5 Å². The predicted octanol–water partition coefficient (Wildman–Crippen LogP) is 5.07. The first-order valence-electron chi connectivity index (χ1n) is 9.02. The van der Waals surface area contributed by atoms with E-state index >= 15 is 0 Å². The Kier molecular flexibility index (Phi) is 4.60. The van der Waals surface area contributed by atoms with Gasteiger partial charge in [0, 0.05) is 43.2 Å². The molecule has 2 aromatic carbocycles. The van der Waals surface area contributed by atoms with Crippen LogP contribution in [0.3, 0.4) is 0 Å². The van der Waals surface area contributed by atoms with Gasteiger partial charge in [-0.25, -0.2) is 8.78 Å². The molecule has 0 spiro atoms. The minimum atomic E-state index is -0.541. The Hall–Kier alpha value is -2.46. The van der Waals surface area contributed by atoms with E-state index in [9.17, 15) is 8.78 Å². The Morgan fingerprint density at radius 3 is 2.65 bits per heavy atom. The molecular weight excluding hydrogens is 330 g/mol. The van der Waals surface area contributed by atoms with Crippen molar-refractivity contribution in [3.8, 4) is 0 Å². The Labute approximate surface area is 152 Å². The Balaban J connectivity index is 1.79. The molecular formula is C22H22F2N2. The molecule has 0 saturated heterocycles. The molecule has 1 aliphatic rings. The fraction of sp³-hybridized carbons (Fsp3) is 0.273. The molecule has 1 unspecified atom stereocenters. The van der Waals surface area contributed by atoms with Crippen LogP contribution < -0.4 is 0 Å². The van der Waals surface area contributed by atoms with Crippen molar-refractivity contribution in [2.75, 3.05) is 6.54 Å². The van der Waals surface area contributed by atoms with Gasteiger partial charge in [-0.15, -0.1) is 0 Å². The van der Waals surface area contributed by atoms with Gasteiger partial charge < -0.3 is 4.57 Å². The van der Waals surface area contributed by atoms with Gasteiger partial charge in [-0.3, -0.25) is 4.90 Å². The highest BCUT2D eigenvalue weighted by Crippen LogP contribution is 2.34. The normalized spacial score (nSPS) is 17.7. The van der Waals surface area contributed by atoms with Gasteiger partial charge in [-0.05, 0) is 42.7 Å². The first-order valence-corrected chi connectivity index (χ1v) is 9.02. The second-order valence-electron chi connectivity index (χ2n) is 6.95. The third-order valence-corrected chi connectivity index (χ3v) is 5.25. The summed E-state index contributed by atoms with van der Waals surface area (Å²) in [6.45, 7) is 4.60. The molecule has 0 saturated carbocycles. The van der Waals surface area contributed by atoms with Gasteiger partial charge in [0.2, 0.25) is 0 Å². The van der Waals surface area contributed by atoms with Gasteiger partial charge in [-0.1, -0.05) is 30.3 Å². The average Bonchev–Trinajstić information content (AvgIpc) is 3.00.